The third-order valence-electron chi connectivity index (χ3n) is 4.65. The van der Waals surface area contributed by atoms with Crippen molar-refractivity contribution in [2.24, 2.45) is 0 Å². The van der Waals surface area contributed by atoms with E-state index in [1.807, 2.05) is 19.1 Å². The van der Waals surface area contributed by atoms with E-state index in [9.17, 15) is 9.18 Å². The van der Waals surface area contributed by atoms with Gasteiger partial charge < -0.3 is 10.1 Å². The topological polar surface area (TPSA) is 54.5 Å². The molecule has 1 aliphatic rings. The summed E-state index contributed by atoms with van der Waals surface area (Å²) in [6, 6.07) is 15.2. The summed E-state index contributed by atoms with van der Waals surface area (Å²) in [6.45, 7) is 1.88. The van der Waals surface area contributed by atoms with E-state index in [1.165, 1.54) is 12.1 Å². The molecule has 1 amide bonds. The van der Waals surface area contributed by atoms with Crippen molar-refractivity contribution in [3.63, 3.8) is 0 Å². The Morgan fingerprint density at radius 3 is 2.67 bits per heavy atom. The fourth-order valence-corrected chi connectivity index (χ4v) is 3.22. The minimum Gasteiger partial charge on any atom is -0.497 e. The van der Waals surface area contributed by atoms with E-state index in [0.29, 0.717) is 28.4 Å². The molecule has 0 radical (unpaired) electrons. The summed E-state index contributed by atoms with van der Waals surface area (Å²) in [5.74, 6) is 0.200. The molecule has 27 heavy (non-hydrogen) atoms. The number of pyridine rings is 1. The van der Waals surface area contributed by atoms with Crippen LogP contribution in [0.25, 0.3) is 0 Å². The molecule has 136 valence electrons. The number of hydrogen-bond donors (Lipinski definition) is 1. The van der Waals surface area contributed by atoms with E-state index in [4.69, 9.17) is 4.74 Å². The Balaban J connectivity index is 1.78. The lowest BCUT2D eigenvalue weighted by atomic mass is 10.1. The lowest BCUT2D eigenvalue weighted by Crippen LogP contribution is -2.32. The Bertz CT molecular complexity index is 1000. The van der Waals surface area contributed by atoms with Crippen LogP contribution in [0.15, 0.2) is 60.8 Å². The molecular weight excluding hydrogens is 345 g/mol. The third-order valence-corrected chi connectivity index (χ3v) is 4.65. The van der Waals surface area contributed by atoms with Gasteiger partial charge in [-0.05, 0) is 61.0 Å². The molecule has 0 spiro atoms. The number of aromatic nitrogens is 1. The van der Waals surface area contributed by atoms with Gasteiger partial charge in [0.25, 0.3) is 5.91 Å². The lowest BCUT2D eigenvalue weighted by Gasteiger charge is -2.27. The molecule has 1 aromatic heterocycles. The molecule has 5 nitrogen and oxygen atoms in total. The first-order valence-corrected chi connectivity index (χ1v) is 8.53. The second kappa shape index (κ2) is 6.72. The second-order valence-electron chi connectivity index (χ2n) is 6.32. The third kappa shape index (κ3) is 2.99. The smallest absolute Gasteiger partial charge is 0.262 e. The zero-order valence-electron chi connectivity index (χ0n) is 14.9. The highest BCUT2D eigenvalue weighted by molar-refractivity contribution is 6.11. The minimum atomic E-state index is -0.539. The number of rotatable bonds is 4. The number of nitrogens with one attached hydrogen (secondary N) is 1. The van der Waals surface area contributed by atoms with E-state index < -0.39 is 6.17 Å². The Kier molecular flexibility index (Phi) is 4.24. The first kappa shape index (κ1) is 17.0. The van der Waals surface area contributed by atoms with Crippen LogP contribution in [0.4, 0.5) is 15.8 Å². The highest BCUT2D eigenvalue weighted by atomic mass is 19.1. The van der Waals surface area contributed by atoms with Gasteiger partial charge in [-0.15, -0.1) is 0 Å². The van der Waals surface area contributed by atoms with Gasteiger partial charge in [0.05, 0.1) is 18.4 Å². The van der Waals surface area contributed by atoms with Gasteiger partial charge in [-0.25, -0.2) is 4.39 Å². The molecule has 1 aliphatic heterocycles. The number of benzene rings is 2. The molecule has 0 aliphatic carbocycles. The van der Waals surface area contributed by atoms with Crippen molar-refractivity contribution in [3.05, 3.63) is 83.4 Å². The van der Waals surface area contributed by atoms with E-state index in [1.54, 1.807) is 48.5 Å². The number of carbonyl (C=O) groups is 1. The van der Waals surface area contributed by atoms with Crippen molar-refractivity contribution in [3.8, 4) is 5.75 Å². The molecule has 1 atom stereocenters. The summed E-state index contributed by atoms with van der Waals surface area (Å²) in [4.78, 5) is 19.1. The predicted molar refractivity (Wildman–Crippen MR) is 102 cm³/mol. The summed E-state index contributed by atoms with van der Waals surface area (Å²) in [5, 5.41) is 3.29. The van der Waals surface area contributed by atoms with Crippen molar-refractivity contribution in [2.75, 3.05) is 17.3 Å². The van der Waals surface area contributed by atoms with Crippen LogP contribution in [0.5, 0.6) is 5.75 Å². The van der Waals surface area contributed by atoms with Crippen LogP contribution in [-0.2, 0) is 0 Å². The van der Waals surface area contributed by atoms with E-state index in [2.05, 4.69) is 10.3 Å². The summed E-state index contributed by atoms with van der Waals surface area (Å²) in [7, 11) is 1.59. The van der Waals surface area contributed by atoms with Crippen molar-refractivity contribution >= 4 is 17.3 Å². The van der Waals surface area contributed by atoms with Crippen LogP contribution in [0.2, 0.25) is 0 Å². The van der Waals surface area contributed by atoms with Gasteiger partial charge in [-0.1, -0.05) is 6.07 Å². The second-order valence-corrected chi connectivity index (χ2v) is 6.32. The fraction of sp³-hybridized carbons (Fsp3) is 0.143. The summed E-state index contributed by atoms with van der Waals surface area (Å²) in [5.41, 5.74) is 3.33. The van der Waals surface area contributed by atoms with E-state index >= 15 is 0 Å². The number of hydrogen-bond acceptors (Lipinski definition) is 4. The van der Waals surface area contributed by atoms with Gasteiger partial charge in [0.2, 0.25) is 0 Å². The van der Waals surface area contributed by atoms with Crippen LogP contribution in [-0.4, -0.2) is 18.0 Å². The Hall–Kier alpha value is -3.41. The van der Waals surface area contributed by atoms with Gasteiger partial charge in [-0.2, -0.15) is 0 Å². The number of carbonyl (C=O) groups excluding carboxylic acids is 1. The number of fused-ring (bicyclic) bond motifs is 1. The Labute approximate surface area is 156 Å². The van der Waals surface area contributed by atoms with Gasteiger partial charge >= 0.3 is 0 Å². The molecule has 0 bridgehead atoms. The number of methoxy groups -OCH3 is 1. The van der Waals surface area contributed by atoms with Crippen LogP contribution in [0.1, 0.15) is 27.8 Å². The van der Waals surface area contributed by atoms with Crippen LogP contribution < -0.4 is 15.0 Å². The minimum absolute atomic E-state index is 0.158. The molecular formula is C21H18FN3O2. The van der Waals surface area contributed by atoms with Crippen molar-refractivity contribution in [1.29, 1.82) is 0 Å². The SMILES string of the molecule is COc1ccc(N2C(=O)c3cccnc3[C@@H]2Nc2cc(F)ccc2C)cc1. The summed E-state index contributed by atoms with van der Waals surface area (Å²) < 4.78 is 18.9. The van der Waals surface area contributed by atoms with Gasteiger partial charge in [-0.3, -0.25) is 14.7 Å². The molecule has 4 rings (SSSR count). The quantitative estimate of drug-likeness (QED) is 0.751. The number of anilines is 2. The highest BCUT2D eigenvalue weighted by Crippen LogP contribution is 2.38. The van der Waals surface area contributed by atoms with Crippen molar-refractivity contribution in [1.82, 2.24) is 4.98 Å². The van der Waals surface area contributed by atoms with Crippen LogP contribution in [0, 0.1) is 12.7 Å². The Morgan fingerprint density at radius 2 is 1.93 bits per heavy atom. The average molecular weight is 363 g/mol. The zero-order chi connectivity index (χ0) is 19.0. The number of amides is 1. The maximum absolute atomic E-state index is 13.7. The summed E-state index contributed by atoms with van der Waals surface area (Å²) in [6.07, 6.45) is 1.11. The van der Waals surface area contributed by atoms with Gasteiger partial charge in [0.15, 0.2) is 6.17 Å². The van der Waals surface area contributed by atoms with Crippen molar-refractivity contribution < 1.29 is 13.9 Å². The number of ether oxygens (including phenoxy) is 1. The van der Waals surface area contributed by atoms with Crippen LogP contribution in [0.3, 0.4) is 0 Å². The zero-order valence-corrected chi connectivity index (χ0v) is 14.9. The molecule has 0 saturated carbocycles. The first-order chi connectivity index (χ1) is 13.1. The maximum Gasteiger partial charge on any atom is 0.262 e. The van der Waals surface area contributed by atoms with Crippen LogP contribution >= 0.6 is 0 Å². The van der Waals surface area contributed by atoms with Crippen molar-refractivity contribution in [2.45, 2.75) is 13.1 Å². The molecule has 0 fully saturated rings. The molecule has 6 heteroatoms. The van der Waals surface area contributed by atoms with E-state index in [-0.39, 0.29) is 11.7 Å². The number of aryl methyl sites for hydroxylation is 1. The molecule has 2 aromatic carbocycles. The van der Waals surface area contributed by atoms with E-state index in [0.717, 1.165) is 5.56 Å². The Morgan fingerprint density at radius 1 is 1.15 bits per heavy atom. The highest BCUT2D eigenvalue weighted by Gasteiger charge is 2.39. The molecule has 3 aromatic rings. The lowest BCUT2D eigenvalue weighted by molar-refractivity contribution is 0.0993. The molecule has 0 unspecified atom stereocenters. The average Bonchev–Trinajstić information content (AvgIpc) is 2.97. The monoisotopic (exact) mass is 363 g/mol. The molecule has 2 heterocycles. The maximum atomic E-state index is 13.7. The molecule has 1 N–H and O–H groups in total. The standard InChI is InChI=1S/C21H18FN3O2/c1-13-5-6-14(22)12-18(13)24-20-19-17(4-3-11-23-19)21(26)25(20)15-7-9-16(27-2)10-8-15/h3-12,20,24H,1-2H3/t20-/m1/s1. The fourth-order valence-electron chi connectivity index (χ4n) is 3.22. The van der Waals surface area contributed by atoms with Gasteiger partial charge in [0.1, 0.15) is 11.6 Å². The van der Waals surface area contributed by atoms with Gasteiger partial charge in [0, 0.05) is 17.6 Å². The largest absolute Gasteiger partial charge is 0.497 e. The molecule has 0 saturated heterocycles. The number of halogens is 1. The first-order valence-electron chi connectivity index (χ1n) is 8.53. The number of nitrogens with zero attached hydrogens (tertiary/aromatic N) is 2. The summed E-state index contributed by atoms with van der Waals surface area (Å²) >= 11 is 0. The predicted octanol–water partition coefficient (Wildman–Crippen LogP) is 4.31. The normalized spacial score (nSPS) is 15.6.